The standard InChI is InChI=1S/C15H14BrClN2O3S3/c1-15(2)5-9-13(10(20)6-15)24-14(18-9)19-25(21,22)12-4-8(17)7(16)3-11(12)23/h4H,3,5-6H2,1-2H3,(H,18,19). The molecule has 10 heteroatoms. The minimum Gasteiger partial charge on any atom is -0.293 e. The van der Waals surface area contributed by atoms with Gasteiger partial charge in [-0.2, -0.15) is 0 Å². The van der Waals surface area contributed by atoms with Crippen LogP contribution in [0.25, 0.3) is 0 Å². The van der Waals surface area contributed by atoms with E-state index in [0.29, 0.717) is 32.9 Å². The average molecular weight is 482 g/mol. The molecule has 134 valence electrons. The maximum Gasteiger partial charge on any atom is 0.264 e. The minimum absolute atomic E-state index is 0.00323. The lowest BCUT2D eigenvalue weighted by molar-refractivity contribution is 0.0916. The number of rotatable bonds is 3. The van der Waals surface area contributed by atoms with Gasteiger partial charge in [0.15, 0.2) is 10.9 Å². The van der Waals surface area contributed by atoms with Crippen LogP contribution in [-0.2, 0) is 16.4 Å². The highest BCUT2D eigenvalue weighted by Gasteiger charge is 2.35. The Balaban J connectivity index is 1.92. The van der Waals surface area contributed by atoms with Gasteiger partial charge in [0.25, 0.3) is 10.0 Å². The van der Waals surface area contributed by atoms with Crippen molar-refractivity contribution in [2.75, 3.05) is 4.72 Å². The summed E-state index contributed by atoms with van der Waals surface area (Å²) in [6.45, 7) is 3.99. The molecule has 1 N–H and O–H groups in total. The van der Waals surface area contributed by atoms with Gasteiger partial charge in [-0.1, -0.05) is 64.9 Å². The zero-order valence-corrected chi connectivity index (χ0v) is 18.1. The van der Waals surface area contributed by atoms with E-state index in [1.54, 1.807) is 0 Å². The number of nitrogens with zero attached hydrogens (tertiary/aromatic N) is 1. The van der Waals surface area contributed by atoms with E-state index in [2.05, 4.69) is 25.6 Å². The SMILES string of the molecule is CC1(C)CC(=O)c2sc(NS(=O)(=O)C3=CC(Cl)=C(Br)CC3=S)nc2C1. The predicted molar refractivity (Wildman–Crippen MR) is 108 cm³/mol. The molecule has 0 saturated carbocycles. The number of ketones is 1. The molecule has 1 aromatic rings. The number of allylic oxidation sites excluding steroid dienone is 4. The molecule has 0 aliphatic heterocycles. The van der Waals surface area contributed by atoms with Gasteiger partial charge in [0.1, 0.15) is 4.91 Å². The number of fused-ring (bicyclic) bond motifs is 1. The van der Waals surface area contributed by atoms with Gasteiger partial charge >= 0.3 is 0 Å². The number of halogens is 2. The Bertz CT molecular complexity index is 961. The number of nitrogens with one attached hydrogen (secondary N) is 1. The summed E-state index contributed by atoms with van der Waals surface area (Å²) < 4.78 is 28.4. The second-order valence-corrected chi connectivity index (χ2v) is 11.2. The van der Waals surface area contributed by atoms with E-state index >= 15 is 0 Å². The lowest BCUT2D eigenvalue weighted by Gasteiger charge is -2.26. The van der Waals surface area contributed by atoms with Crippen molar-refractivity contribution >= 4 is 76.9 Å². The number of Topliss-reactive ketones (excluding diaryl/α,β-unsaturated/α-hetero) is 1. The van der Waals surface area contributed by atoms with Gasteiger partial charge in [-0.25, -0.2) is 13.4 Å². The van der Waals surface area contributed by atoms with E-state index < -0.39 is 10.0 Å². The third-order valence-electron chi connectivity index (χ3n) is 3.85. The molecule has 5 nitrogen and oxygen atoms in total. The van der Waals surface area contributed by atoms with E-state index in [9.17, 15) is 13.2 Å². The Morgan fingerprint density at radius 3 is 2.76 bits per heavy atom. The Labute approximate surface area is 168 Å². The molecule has 0 atom stereocenters. The first kappa shape index (κ1) is 19.2. The number of thiazole rings is 1. The van der Waals surface area contributed by atoms with Gasteiger partial charge < -0.3 is 0 Å². The molecule has 0 fully saturated rings. The molecule has 0 amide bonds. The molecular formula is C15H14BrClN2O3S3. The number of carbonyl (C=O) groups is 1. The number of hydrogen-bond donors (Lipinski definition) is 1. The van der Waals surface area contributed by atoms with Crippen molar-refractivity contribution in [1.82, 2.24) is 4.98 Å². The highest BCUT2D eigenvalue weighted by molar-refractivity contribution is 9.11. The summed E-state index contributed by atoms with van der Waals surface area (Å²) in [6, 6.07) is 0. The van der Waals surface area contributed by atoms with Crippen LogP contribution >= 0.6 is 51.1 Å². The fourth-order valence-electron chi connectivity index (χ4n) is 2.75. The van der Waals surface area contributed by atoms with Crippen LogP contribution in [0, 0.1) is 5.41 Å². The van der Waals surface area contributed by atoms with Crippen LogP contribution < -0.4 is 4.72 Å². The van der Waals surface area contributed by atoms with Gasteiger partial charge in [-0.15, -0.1) is 0 Å². The van der Waals surface area contributed by atoms with Crippen LogP contribution in [0.2, 0.25) is 0 Å². The average Bonchev–Trinajstić information content (AvgIpc) is 2.83. The first-order chi connectivity index (χ1) is 11.5. The molecule has 1 aromatic heterocycles. The second-order valence-electron chi connectivity index (χ2n) is 6.70. The van der Waals surface area contributed by atoms with Crippen molar-refractivity contribution < 1.29 is 13.2 Å². The van der Waals surface area contributed by atoms with E-state index in [0.717, 1.165) is 11.3 Å². The molecule has 2 aliphatic carbocycles. The van der Waals surface area contributed by atoms with E-state index in [1.807, 2.05) is 13.8 Å². The van der Waals surface area contributed by atoms with Gasteiger partial charge in [0, 0.05) is 22.2 Å². The van der Waals surface area contributed by atoms with Gasteiger partial charge in [-0.3, -0.25) is 9.52 Å². The maximum atomic E-state index is 12.7. The topological polar surface area (TPSA) is 76.1 Å². The van der Waals surface area contributed by atoms with Crippen LogP contribution in [0.1, 0.15) is 42.1 Å². The molecule has 0 aromatic carbocycles. The zero-order chi connectivity index (χ0) is 18.6. The molecular weight excluding hydrogens is 468 g/mol. The first-order valence-corrected chi connectivity index (χ1v) is 11.2. The predicted octanol–water partition coefficient (Wildman–Crippen LogP) is 4.54. The van der Waals surface area contributed by atoms with Crippen LogP contribution in [0.4, 0.5) is 5.13 Å². The summed E-state index contributed by atoms with van der Waals surface area (Å²) in [6.07, 6.45) is 2.64. The third-order valence-corrected chi connectivity index (χ3v) is 8.21. The highest BCUT2D eigenvalue weighted by atomic mass is 79.9. The van der Waals surface area contributed by atoms with Crippen LogP contribution in [0.3, 0.4) is 0 Å². The van der Waals surface area contributed by atoms with Crippen molar-refractivity contribution in [2.24, 2.45) is 5.41 Å². The van der Waals surface area contributed by atoms with Crippen molar-refractivity contribution in [1.29, 1.82) is 0 Å². The lowest BCUT2D eigenvalue weighted by Crippen LogP contribution is -2.26. The van der Waals surface area contributed by atoms with Crippen molar-refractivity contribution in [3.63, 3.8) is 0 Å². The van der Waals surface area contributed by atoms with Crippen LogP contribution in [-0.4, -0.2) is 24.0 Å². The van der Waals surface area contributed by atoms with Crippen LogP contribution in [0.15, 0.2) is 20.5 Å². The molecule has 0 bridgehead atoms. The molecule has 25 heavy (non-hydrogen) atoms. The van der Waals surface area contributed by atoms with Gasteiger partial charge in [0.2, 0.25) is 0 Å². The normalized spacial score (nSPS) is 20.4. The molecule has 0 unspecified atom stereocenters. The number of thiocarbonyl (C=S) groups is 1. The largest absolute Gasteiger partial charge is 0.293 e. The fraction of sp³-hybridized carbons (Fsp3) is 0.400. The Kier molecular flexibility index (Phi) is 5.00. The van der Waals surface area contributed by atoms with Crippen molar-refractivity contribution in [3.8, 4) is 0 Å². The highest BCUT2D eigenvalue weighted by Crippen LogP contribution is 2.39. The minimum atomic E-state index is -3.92. The molecule has 0 saturated heterocycles. The second kappa shape index (κ2) is 6.53. The Hall–Kier alpha value is -0.610. The summed E-state index contributed by atoms with van der Waals surface area (Å²) in [5.41, 5.74) is 0.469. The zero-order valence-electron chi connectivity index (χ0n) is 13.4. The van der Waals surface area contributed by atoms with Crippen molar-refractivity contribution in [2.45, 2.75) is 33.1 Å². The van der Waals surface area contributed by atoms with E-state index in [-0.39, 0.29) is 32.5 Å². The Morgan fingerprint density at radius 1 is 1.40 bits per heavy atom. The number of aromatic nitrogens is 1. The van der Waals surface area contributed by atoms with Gasteiger partial charge in [0.05, 0.1) is 15.6 Å². The smallest absolute Gasteiger partial charge is 0.264 e. The maximum absolute atomic E-state index is 12.7. The van der Waals surface area contributed by atoms with Gasteiger partial charge in [-0.05, 0) is 17.9 Å². The molecule has 2 aliphatic rings. The molecule has 0 spiro atoms. The number of anilines is 1. The number of carbonyl (C=O) groups excluding carboxylic acids is 1. The fourth-order valence-corrected chi connectivity index (χ4v) is 6.40. The molecule has 0 radical (unpaired) electrons. The number of hydrogen-bond acceptors (Lipinski definition) is 6. The summed E-state index contributed by atoms with van der Waals surface area (Å²) in [5, 5.41) is 0.467. The summed E-state index contributed by atoms with van der Waals surface area (Å²) >= 11 is 15.5. The third kappa shape index (κ3) is 3.90. The van der Waals surface area contributed by atoms with E-state index in [4.69, 9.17) is 23.8 Å². The first-order valence-electron chi connectivity index (χ1n) is 7.33. The molecule has 1 heterocycles. The summed E-state index contributed by atoms with van der Waals surface area (Å²) in [7, 11) is -3.92. The summed E-state index contributed by atoms with van der Waals surface area (Å²) in [4.78, 5) is 17.3. The van der Waals surface area contributed by atoms with Crippen LogP contribution in [0.5, 0.6) is 0 Å². The van der Waals surface area contributed by atoms with E-state index in [1.165, 1.54) is 6.08 Å². The summed E-state index contributed by atoms with van der Waals surface area (Å²) in [5.74, 6) is -0.00323. The van der Waals surface area contributed by atoms with Crippen molar-refractivity contribution in [3.05, 3.63) is 31.1 Å². The number of sulfonamides is 1. The Morgan fingerprint density at radius 2 is 2.08 bits per heavy atom. The lowest BCUT2D eigenvalue weighted by atomic mass is 9.78. The quantitative estimate of drug-likeness (QED) is 0.641. The monoisotopic (exact) mass is 480 g/mol. The molecule has 3 rings (SSSR count).